The summed E-state index contributed by atoms with van der Waals surface area (Å²) in [6, 6.07) is 9.34. The molecule has 1 N–H and O–H groups in total. The SMILES string of the molecule is CC(=O)c1sc(NC(=O)c2nn(-c3ccccc3)nc2C)nc1C. The van der Waals surface area contributed by atoms with Crippen LogP contribution in [0.2, 0.25) is 0 Å². The molecule has 1 amide bonds. The molecule has 24 heavy (non-hydrogen) atoms. The van der Waals surface area contributed by atoms with Crippen molar-refractivity contribution >= 4 is 28.2 Å². The Hall–Kier alpha value is -2.87. The predicted octanol–water partition coefficient (Wildman–Crippen LogP) is 2.80. The fourth-order valence-corrected chi connectivity index (χ4v) is 3.05. The highest BCUT2D eigenvalue weighted by Crippen LogP contribution is 2.23. The van der Waals surface area contributed by atoms with Gasteiger partial charge in [-0.05, 0) is 26.0 Å². The van der Waals surface area contributed by atoms with Gasteiger partial charge in [-0.15, -0.1) is 5.10 Å². The van der Waals surface area contributed by atoms with Gasteiger partial charge in [0.15, 0.2) is 16.6 Å². The van der Waals surface area contributed by atoms with Crippen LogP contribution in [-0.2, 0) is 0 Å². The molecule has 0 saturated carbocycles. The topological polar surface area (TPSA) is 89.8 Å². The highest BCUT2D eigenvalue weighted by atomic mass is 32.1. The van der Waals surface area contributed by atoms with Crippen LogP contribution >= 0.6 is 11.3 Å². The van der Waals surface area contributed by atoms with Gasteiger partial charge in [-0.2, -0.15) is 9.90 Å². The van der Waals surface area contributed by atoms with Crippen LogP contribution in [0, 0.1) is 13.8 Å². The third-order valence-corrected chi connectivity index (χ3v) is 4.49. The molecule has 2 heterocycles. The number of carbonyl (C=O) groups excluding carboxylic acids is 2. The molecular weight excluding hydrogens is 326 g/mol. The summed E-state index contributed by atoms with van der Waals surface area (Å²) in [5.74, 6) is -0.477. The van der Waals surface area contributed by atoms with Crippen LogP contribution < -0.4 is 5.32 Å². The molecule has 122 valence electrons. The summed E-state index contributed by atoms with van der Waals surface area (Å²) in [5.41, 5.74) is 2.10. The number of ketones is 1. The number of thiazole rings is 1. The molecule has 0 atom stereocenters. The maximum absolute atomic E-state index is 12.4. The molecule has 1 aromatic carbocycles. The summed E-state index contributed by atoms with van der Waals surface area (Å²) in [5, 5.41) is 11.6. The van der Waals surface area contributed by atoms with Gasteiger partial charge in [-0.25, -0.2) is 4.98 Å². The molecule has 0 radical (unpaired) electrons. The van der Waals surface area contributed by atoms with E-state index in [1.54, 1.807) is 13.8 Å². The number of nitrogens with zero attached hydrogens (tertiary/aromatic N) is 4. The Kier molecular flexibility index (Phi) is 4.22. The highest BCUT2D eigenvalue weighted by molar-refractivity contribution is 7.17. The first kappa shape index (κ1) is 16.0. The Bertz CT molecular complexity index is 914. The average molecular weight is 341 g/mol. The van der Waals surface area contributed by atoms with Gasteiger partial charge < -0.3 is 0 Å². The number of hydrogen-bond acceptors (Lipinski definition) is 6. The number of nitrogens with one attached hydrogen (secondary N) is 1. The smallest absolute Gasteiger partial charge is 0.279 e. The monoisotopic (exact) mass is 341 g/mol. The molecule has 0 aliphatic rings. The van der Waals surface area contributed by atoms with Crippen LogP contribution in [0.1, 0.15) is 38.5 Å². The molecule has 0 aliphatic heterocycles. The number of aryl methyl sites for hydroxylation is 2. The molecule has 0 bridgehead atoms. The van der Waals surface area contributed by atoms with Crippen molar-refractivity contribution in [2.75, 3.05) is 5.32 Å². The Labute approximate surface area is 142 Å². The normalized spacial score (nSPS) is 10.6. The van der Waals surface area contributed by atoms with E-state index in [0.29, 0.717) is 21.4 Å². The third kappa shape index (κ3) is 3.09. The van der Waals surface area contributed by atoms with Crippen LogP contribution in [0.15, 0.2) is 30.3 Å². The zero-order valence-electron chi connectivity index (χ0n) is 13.4. The largest absolute Gasteiger partial charge is 0.296 e. The van der Waals surface area contributed by atoms with Crippen molar-refractivity contribution in [3.8, 4) is 5.69 Å². The second kappa shape index (κ2) is 6.32. The Balaban J connectivity index is 1.84. The van der Waals surface area contributed by atoms with Crippen molar-refractivity contribution in [2.45, 2.75) is 20.8 Å². The van der Waals surface area contributed by atoms with Crippen molar-refractivity contribution in [3.63, 3.8) is 0 Å². The standard InChI is InChI=1S/C16H15N5O2S/c1-9-13(20-21(19-9)12-7-5-4-6-8-12)15(23)18-16-17-10(2)14(24-16)11(3)22/h4-8H,1-3H3,(H,17,18,23). The molecule has 0 fully saturated rings. The molecule has 0 aliphatic carbocycles. The Morgan fingerprint density at radius 1 is 1.08 bits per heavy atom. The van der Waals surface area contributed by atoms with Crippen LogP contribution in [-0.4, -0.2) is 31.7 Å². The molecule has 3 rings (SSSR count). The fraction of sp³-hybridized carbons (Fsp3) is 0.188. The van der Waals surface area contributed by atoms with Crippen molar-refractivity contribution in [2.24, 2.45) is 0 Å². The first-order valence-corrected chi connectivity index (χ1v) is 8.06. The zero-order valence-corrected chi connectivity index (χ0v) is 14.2. The van der Waals surface area contributed by atoms with E-state index >= 15 is 0 Å². The number of anilines is 1. The minimum Gasteiger partial charge on any atom is -0.296 e. The van der Waals surface area contributed by atoms with Gasteiger partial charge in [0.2, 0.25) is 0 Å². The van der Waals surface area contributed by atoms with Crippen LogP contribution in [0.3, 0.4) is 0 Å². The third-order valence-electron chi connectivity index (χ3n) is 3.32. The van der Waals surface area contributed by atoms with Crippen LogP contribution in [0.5, 0.6) is 0 Å². The summed E-state index contributed by atoms with van der Waals surface area (Å²) in [4.78, 5) is 30.1. The molecular formula is C16H15N5O2S. The summed E-state index contributed by atoms with van der Waals surface area (Å²) >= 11 is 1.15. The number of hydrogen-bond donors (Lipinski definition) is 1. The quantitative estimate of drug-likeness (QED) is 0.737. The lowest BCUT2D eigenvalue weighted by atomic mass is 10.3. The van der Waals surface area contributed by atoms with E-state index in [9.17, 15) is 9.59 Å². The number of rotatable bonds is 4. The van der Waals surface area contributed by atoms with Crippen molar-refractivity contribution < 1.29 is 9.59 Å². The minimum atomic E-state index is -0.404. The first-order chi connectivity index (χ1) is 11.5. The average Bonchev–Trinajstić information content (AvgIpc) is 3.11. The number of para-hydroxylation sites is 1. The van der Waals surface area contributed by atoms with Crippen molar-refractivity contribution in [1.29, 1.82) is 0 Å². The molecule has 2 aromatic heterocycles. The van der Waals surface area contributed by atoms with Crippen LogP contribution in [0.4, 0.5) is 5.13 Å². The van der Waals surface area contributed by atoms with E-state index in [1.807, 2.05) is 30.3 Å². The molecule has 7 nitrogen and oxygen atoms in total. The van der Waals surface area contributed by atoms with Gasteiger partial charge in [0, 0.05) is 6.92 Å². The lowest BCUT2D eigenvalue weighted by Gasteiger charge is -1.98. The predicted molar refractivity (Wildman–Crippen MR) is 90.9 cm³/mol. The fourth-order valence-electron chi connectivity index (χ4n) is 2.20. The molecule has 0 saturated heterocycles. The van der Waals surface area contributed by atoms with Gasteiger partial charge in [0.1, 0.15) is 0 Å². The summed E-state index contributed by atoms with van der Waals surface area (Å²) in [6.07, 6.45) is 0. The van der Waals surface area contributed by atoms with Crippen molar-refractivity contribution in [3.05, 3.63) is 52.3 Å². The van der Waals surface area contributed by atoms with Gasteiger partial charge >= 0.3 is 0 Å². The van der Waals surface area contributed by atoms with E-state index < -0.39 is 5.91 Å². The number of benzene rings is 1. The van der Waals surface area contributed by atoms with Crippen LogP contribution in [0.25, 0.3) is 5.69 Å². The van der Waals surface area contributed by atoms with Gasteiger partial charge in [-0.1, -0.05) is 29.5 Å². The van der Waals surface area contributed by atoms with E-state index in [4.69, 9.17) is 0 Å². The lowest BCUT2D eigenvalue weighted by Crippen LogP contribution is -2.14. The molecule has 3 aromatic rings. The van der Waals surface area contributed by atoms with Gasteiger partial charge in [0.25, 0.3) is 5.91 Å². The minimum absolute atomic E-state index is 0.0725. The van der Waals surface area contributed by atoms with Crippen molar-refractivity contribution in [1.82, 2.24) is 20.0 Å². The Morgan fingerprint density at radius 3 is 2.42 bits per heavy atom. The summed E-state index contributed by atoms with van der Waals surface area (Å²) in [7, 11) is 0. The van der Waals surface area contributed by atoms with E-state index in [2.05, 4.69) is 20.5 Å². The number of carbonyl (C=O) groups is 2. The zero-order chi connectivity index (χ0) is 17.3. The lowest BCUT2D eigenvalue weighted by molar-refractivity contribution is 0.101. The van der Waals surface area contributed by atoms with E-state index in [-0.39, 0.29) is 11.5 Å². The van der Waals surface area contributed by atoms with Gasteiger partial charge in [-0.3, -0.25) is 14.9 Å². The number of amides is 1. The van der Waals surface area contributed by atoms with E-state index in [0.717, 1.165) is 17.0 Å². The number of aromatic nitrogens is 4. The molecule has 8 heteroatoms. The molecule has 0 unspecified atom stereocenters. The van der Waals surface area contributed by atoms with E-state index in [1.165, 1.54) is 11.7 Å². The maximum atomic E-state index is 12.4. The first-order valence-electron chi connectivity index (χ1n) is 7.25. The summed E-state index contributed by atoms with van der Waals surface area (Å²) < 4.78 is 0. The second-order valence-electron chi connectivity index (χ2n) is 5.20. The highest BCUT2D eigenvalue weighted by Gasteiger charge is 2.19. The van der Waals surface area contributed by atoms with Gasteiger partial charge in [0.05, 0.1) is 22.0 Å². The number of Topliss-reactive ketones (excluding diaryl/α,β-unsaturated/α-hetero) is 1. The Morgan fingerprint density at radius 2 is 1.79 bits per heavy atom. The second-order valence-corrected chi connectivity index (χ2v) is 6.20. The molecule has 0 spiro atoms. The summed E-state index contributed by atoms with van der Waals surface area (Å²) in [6.45, 7) is 4.93. The maximum Gasteiger partial charge on any atom is 0.279 e.